The lowest BCUT2D eigenvalue weighted by Crippen LogP contribution is -2.17. The minimum absolute atomic E-state index is 0.445. The van der Waals surface area contributed by atoms with Crippen LogP contribution < -0.4 is 0 Å². The average Bonchev–Trinajstić information content (AvgIpc) is 3.11. The van der Waals surface area contributed by atoms with Gasteiger partial charge in [0.05, 0.1) is 6.42 Å². The Morgan fingerprint density at radius 1 is 1.30 bits per heavy atom. The van der Waals surface area contributed by atoms with E-state index >= 15 is 0 Å². The summed E-state index contributed by atoms with van der Waals surface area (Å²) in [6.07, 6.45) is 5.51. The van der Waals surface area contributed by atoms with Gasteiger partial charge in [-0.1, -0.05) is 19.0 Å². The molecule has 0 amide bonds. The molecule has 108 valence electrons. The summed E-state index contributed by atoms with van der Waals surface area (Å²) >= 11 is 1.52. The van der Waals surface area contributed by atoms with Crippen molar-refractivity contribution >= 4 is 11.3 Å². The van der Waals surface area contributed by atoms with Gasteiger partial charge < -0.3 is 4.52 Å². The van der Waals surface area contributed by atoms with Crippen LogP contribution in [0.3, 0.4) is 0 Å². The molecule has 2 heterocycles. The number of rotatable bonds is 4. The van der Waals surface area contributed by atoms with Crippen molar-refractivity contribution in [3.8, 4) is 0 Å². The highest BCUT2D eigenvalue weighted by Crippen LogP contribution is 2.37. The van der Waals surface area contributed by atoms with Crippen LogP contribution in [0.1, 0.15) is 62.2 Å². The Bertz CT molecular complexity index is 529. The third-order valence-electron chi connectivity index (χ3n) is 4.26. The van der Waals surface area contributed by atoms with Crippen LogP contribution in [0.5, 0.6) is 0 Å². The van der Waals surface area contributed by atoms with E-state index in [1.807, 2.05) is 0 Å². The summed E-state index contributed by atoms with van der Waals surface area (Å²) in [6.45, 7) is 4.63. The summed E-state index contributed by atoms with van der Waals surface area (Å²) in [5, 5.41) is 12.8. The normalized spacial score (nSPS) is 23.4. The minimum atomic E-state index is 0.445. The summed E-state index contributed by atoms with van der Waals surface area (Å²) in [4.78, 5) is 4.54. The Balaban J connectivity index is 1.60. The molecule has 0 bridgehead atoms. The summed E-state index contributed by atoms with van der Waals surface area (Å²) in [5.74, 6) is 3.62. The predicted octanol–water partition coefficient (Wildman–Crippen LogP) is 3.44. The molecule has 2 aromatic heterocycles. The van der Waals surface area contributed by atoms with Crippen molar-refractivity contribution in [2.45, 2.75) is 51.9 Å². The van der Waals surface area contributed by atoms with Gasteiger partial charge in [0.25, 0.3) is 0 Å². The fourth-order valence-corrected chi connectivity index (χ4v) is 3.47. The van der Waals surface area contributed by atoms with Crippen LogP contribution in [-0.4, -0.2) is 20.3 Å². The predicted molar refractivity (Wildman–Crippen MR) is 76.6 cm³/mol. The second-order valence-electron chi connectivity index (χ2n) is 5.91. The van der Waals surface area contributed by atoms with Gasteiger partial charge in [0.15, 0.2) is 5.82 Å². The highest BCUT2D eigenvalue weighted by Gasteiger charge is 2.27. The second-order valence-corrected chi connectivity index (χ2v) is 6.83. The number of hydrogen-bond donors (Lipinski definition) is 0. The van der Waals surface area contributed by atoms with Crippen molar-refractivity contribution in [3.63, 3.8) is 0 Å². The lowest BCUT2D eigenvalue weighted by Gasteiger charge is -2.28. The van der Waals surface area contributed by atoms with Crippen LogP contribution in [-0.2, 0) is 6.42 Å². The van der Waals surface area contributed by atoms with Crippen LogP contribution in [0.15, 0.2) is 10.0 Å². The van der Waals surface area contributed by atoms with Gasteiger partial charge in [-0.25, -0.2) is 0 Å². The molecule has 6 heteroatoms. The Labute approximate surface area is 122 Å². The summed E-state index contributed by atoms with van der Waals surface area (Å²) in [6, 6.07) is 0. The second kappa shape index (κ2) is 5.99. The van der Waals surface area contributed by atoms with E-state index < -0.39 is 0 Å². The zero-order valence-corrected chi connectivity index (χ0v) is 12.8. The zero-order chi connectivity index (χ0) is 13.9. The third-order valence-corrected chi connectivity index (χ3v) is 4.96. The summed E-state index contributed by atoms with van der Waals surface area (Å²) in [7, 11) is 0. The van der Waals surface area contributed by atoms with E-state index in [4.69, 9.17) is 4.52 Å². The van der Waals surface area contributed by atoms with Gasteiger partial charge in [0.2, 0.25) is 5.89 Å². The summed E-state index contributed by atoms with van der Waals surface area (Å²) < 4.78 is 5.44. The van der Waals surface area contributed by atoms with Crippen molar-refractivity contribution in [1.29, 1.82) is 0 Å². The van der Waals surface area contributed by atoms with Crippen LogP contribution >= 0.6 is 11.3 Å². The maximum atomic E-state index is 5.44. The Hall–Kier alpha value is -1.30. The van der Waals surface area contributed by atoms with Crippen molar-refractivity contribution in [2.24, 2.45) is 11.8 Å². The van der Waals surface area contributed by atoms with Crippen LogP contribution in [0, 0.1) is 11.8 Å². The van der Waals surface area contributed by atoms with Gasteiger partial charge in [-0.05, 0) is 37.5 Å². The molecule has 2 aromatic rings. The van der Waals surface area contributed by atoms with E-state index in [1.165, 1.54) is 37.0 Å². The molecular formula is C14H20N4OS. The molecule has 0 aromatic carbocycles. The highest BCUT2D eigenvalue weighted by atomic mass is 32.1. The Morgan fingerprint density at radius 3 is 2.75 bits per heavy atom. The van der Waals surface area contributed by atoms with E-state index in [2.05, 4.69) is 34.2 Å². The number of nitrogens with zero attached hydrogens (tertiary/aromatic N) is 4. The lowest BCUT2D eigenvalue weighted by molar-refractivity contribution is 0.231. The van der Waals surface area contributed by atoms with Crippen molar-refractivity contribution in [3.05, 3.63) is 22.2 Å². The maximum absolute atomic E-state index is 5.44. The smallest absolute Gasteiger partial charge is 0.229 e. The van der Waals surface area contributed by atoms with Gasteiger partial charge >= 0.3 is 0 Å². The molecular weight excluding hydrogens is 272 g/mol. The SMILES string of the molecule is CC(C)C1CCC(c2nc(Cc3nncs3)no2)CC1. The maximum Gasteiger partial charge on any atom is 0.229 e. The van der Waals surface area contributed by atoms with E-state index in [1.54, 1.807) is 5.51 Å². The molecule has 0 N–H and O–H groups in total. The van der Waals surface area contributed by atoms with Crippen LogP contribution in [0.4, 0.5) is 0 Å². The molecule has 0 atom stereocenters. The molecule has 1 saturated carbocycles. The monoisotopic (exact) mass is 292 g/mol. The van der Waals surface area contributed by atoms with Gasteiger partial charge in [-0.3, -0.25) is 0 Å². The molecule has 1 aliphatic rings. The summed E-state index contributed by atoms with van der Waals surface area (Å²) in [5.41, 5.74) is 1.73. The molecule has 1 aliphatic carbocycles. The highest BCUT2D eigenvalue weighted by molar-refractivity contribution is 7.09. The van der Waals surface area contributed by atoms with Crippen molar-refractivity contribution in [1.82, 2.24) is 20.3 Å². The lowest BCUT2D eigenvalue weighted by atomic mass is 9.77. The molecule has 3 rings (SSSR count). The molecule has 0 radical (unpaired) electrons. The number of aromatic nitrogens is 4. The fourth-order valence-electron chi connectivity index (χ4n) is 2.95. The van der Waals surface area contributed by atoms with Crippen molar-refractivity contribution < 1.29 is 4.52 Å². The Morgan fingerprint density at radius 2 is 2.10 bits per heavy atom. The molecule has 5 nitrogen and oxygen atoms in total. The standard InChI is InChI=1S/C14H20N4OS/c1-9(2)10-3-5-11(6-4-10)14-16-12(18-19-14)7-13-17-15-8-20-13/h8-11H,3-7H2,1-2H3. The molecule has 0 unspecified atom stereocenters. The van der Waals surface area contributed by atoms with E-state index in [-0.39, 0.29) is 0 Å². The minimum Gasteiger partial charge on any atom is -0.339 e. The zero-order valence-electron chi connectivity index (χ0n) is 12.0. The quantitative estimate of drug-likeness (QED) is 0.863. The van der Waals surface area contributed by atoms with Crippen LogP contribution in [0.2, 0.25) is 0 Å². The van der Waals surface area contributed by atoms with Crippen molar-refractivity contribution in [2.75, 3.05) is 0 Å². The van der Waals surface area contributed by atoms with Gasteiger partial charge in [0.1, 0.15) is 10.5 Å². The van der Waals surface area contributed by atoms with Gasteiger partial charge in [-0.15, -0.1) is 21.5 Å². The molecule has 1 fully saturated rings. The Kier molecular flexibility index (Phi) is 4.10. The first-order chi connectivity index (χ1) is 9.72. The van der Waals surface area contributed by atoms with Gasteiger partial charge in [0, 0.05) is 5.92 Å². The first-order valence-corrected chi connectivity index (χ1v) is 8.18. The number of hydrogen-bond acceptors (Lipinski definition) is 6. The first-order valence-electron chi connectivity index (χ1n) is 7.30. The van der Waals surface area contributed by atoms with Crippen LogP contribution in [0.25, 0.3) is 0 Å². The van der Waals surface area contributed by atoms with E-state index in [9.17, 15) is 0 Å². The first kappa shape index (κ1) is 13.7. The molecule has 0 saturated heterocycles. The third kappa shape index (κ3) is 3.06. The van der Waals surface area contributed by atoms with E-state index in [0.717, 1.165) is 28.6 Å². The topological polar surface area (TPSA) is 64.7 Å². The van der Waals surface area contributed by atoms with Gasteiger partial charge in [-0.2, -0.15) is 4.98 Å². The van der Waals surface area contributed by atoms with E-state index in [0.29, 0.717) is 12.3 Å². The molecule has 0 aliphatic heterocycles. The molecule has 0 spiro atoms. The molecule has 20 heavy (non-hydrogen) atoms. The fraction of sp³-hybridized carbons (Fsp3) is 0.714. The largest absolute Gasteiger partial charge is 0.339 e. The average molecular weight is 292 g/mol.